The first kappa shape index (κ1) is 14.4. The first-order valence-corrected chi connectivity index (χ1v) is 6.10. The maximum absolute atomic E-state index is 12.1. The van der Waals surface area contributed by atoms with Gasteiger partial charge in [0.05, 0.1) is 4.92 Å². The number of nitrogens with zero attached hydrogens (tertiary/aromatic N) is 2. The molecule has 1 fully saturated rings. The van der Waals surface area contributed by atoms with Gasteiger partial charge < -0.3 is 9.64 Å². The van der Waals surface area contributed by atoms with E-state index in [0.29, 0.717) is 5.69 Å². The van der Waals surface area contributed by atoms with Crippen molar-refractivity contribution in [1.82, 2.24) is 0 Å². The van der Waals surface area contributed by atoms with Crippen LogP contribution in [0.4, 0.5) is 24.5 Å². The first-order chi connectivity index (χ1) is 9.37. The Morgan fingerprint density at radius 3 is 2.50 bits per heavy atom. The Hall–Kier alpha value is -1.99. The normalized spacial score (nSPS) is 15.4. The van der Waals surface area contributed by atoms with Gasteiger partial charge in [0.15, 0.2) is 12.4 Å². The van der Waals surface area contributed by atoms with Crippen LogP contribution in [0.1, 0.15) is 12.8 Å². The number of halogens is 3. The first-order valence-electron chi connectivity index (χ1n) is 6.10. The van der Waals surface area contributed by atoms with Crippen LogP contribution in [0.5, 0.6) is 5.75 Å². The third-order valence-corrected chi connectivity index (χ3v) is 3.00. The molecule has 20 heavy (non-hydrogen) atoms. The predicted octanol–water partition coefficient (Wildman–Crippen LogP) is 3.14. The van der Waals surface area contributed by atoms with Crippen molar-refractivity contribution in [3.8, 4) is 5.75 Å². The second-order valence-electron chi connectivity index (χ2n) is 4.51. The van der Waals surface area contributed by atoms with Crippen molar-refractivity contribution in [2.24, 2.45) is 0 Å². The van der Waals surface area contributed by atoms with E-state index in [1.165, 1.54) is 12.1 Å². The summed E-state index contributed by atoms with van der Waals surface area (Å²) in [5.41, 5.74) is 0.187. The van der Waals surface area contributed by atoms with E-state index in [9.17, 15) is 23.3 Å². The van der Waals surface area contributed by atoms with Crippen LogP contribution in [0.3, 0.4) is 0 Å². The molecule has 0 N–H and O–H groups in total. The quantitative estimate of drug-likeness (QED) is 0.631. The number of nitro benzene ring substituents is 1. The molecule has 0 saturated carbocycles. The Bertz CT molecular complexity index is 499. The van der Waals surface area contributed by atoms with Crippen LogP contribution in [0.2, 0.25) is 0 Å². The lowest BCUT2D eigenvalue weighted by molar-refractivity contribution is -0.386. The zero-order valence-corrected chi connectivity index (χ0v) is 10.5. The van der Waals surface area contributed by atoms with Gasteiger partial charge in [0.1, 0.15) is 0 Å². The number of alkyl halides is 3. The number of benzene rings is 1. The predicted molar refractivity (Wildman–Crippen MR) is 66.1 cm³/mol. The third kappa shape index (κ3) is 3.52. The van der Waals surface area contributed by atoms with E-state index in [-0.39, 0.29) is 5.75 Å². The lowest BCUT2D eigenvalue weighted by Crippen LogP contribution is -2.20. The van der Waals surface area contributed by atoms with Gasteiger partial charge in [-0.15, -0.1) is 0 Å². The van der Waals surface area contributed by atoms with Crippen molar-refractivity contribution in [1.29, 1.82) is 0 Å². The van der Waals surface area contributed by atoms with Crippen LogP contribution in [0.15, 0.2) is 18.2 Å². The van der Waals surface area contributed by atoms with Crippen molar-refractivity contribution in [3.63, 3.8) is 0 Å². The van der Waals surface area contributed by atoms with E-state index < -0.39 is 23.4 Å². The number of hydrogen-bond acceptors (Lipinski definition) is 4. The summed E-state index contributed by atoms with van der Waals surface area (Å²) in [6, 6.07) is 4.03. The zero-order chi connectivity index (χ0) is 14.8. The maximum atomic E-state index is 12.1. The summed E-state index contributed by atoms with van der Waals surface area (Å²) in [6.07, 6.45) is -2.53. The minimum Gasteiger partial charge on any atom is -0.477 e. The van der Waals surface area contributed by atoms with Gasteiger partial charge in [-0.3, -0.25) is 10.1 Å². The van der Waals surface area contributed by atoms with Gasteiger partial charge in [-0.05, 0) is 25.0 Å². The molecule has 0 aromatic heterocycles. The highest BCUT2D eigenvalue weighted by Gasteiger charge is 2.30. The fourth-order valence-electron chi connectivity index (χ4n) is 2.10. The molecule has 0 atom stereocenters. The van der Waals surface area contributed by atoms with Gasteiger partial charge in [-0.1, -0.05) is 0 Å². The van der Waals surface area contributed by atoms with E-state index in [1.54, 1.807) is 6.07 Å². The van der Waals surface area contributed by atoms with Crippen molar-refractivity contribution in [3.05, 3.63) is 28.3 Å². The fourth-order valence-corrected chi connectivity index (χ4v) is 2.10. The highest BCUT2D eigenvalue weighted by molar-refractivity contribution is 5.60. The molecular formula is C12H13F3N2O3. The monoisotopic (exact) mass is 290 g/mol. The molecule has 1 heterocycles. The van der Waals surface area contributed by atoms with Gasteiger partial charge >= 0.3 is 11.9 Å². The van der Waals surface area contributed by atoms with Gasteiger partial charge in [0.2, 0.25) is 0 Å². The topological polar surface area (TPSA) is 55.6 Å². The number of rotatable bonds is 4. The molecule has 0 radical (unpaired) electrons. The molecule has 110 valence electrons. The van der Waals surface area contributed by atoms with Crippen molar-refractivity contribution < 1.29 is 22.8 Å². The van der Waals surface area contributed by atoms with Crippen LogP contribution in [-0.4, -0.2) is 30.8 Å². The summed E-state index contributed by atoms with van der Waals surface area (Å²) >= 11 is 0. The van der Waals surface area contributed by atoms with Gasteiger partial charge in [-0.25, -0.2) is 0 Å². The zero-order valence-electron chi connectivity index (χ0n) is 10.5. The van der Waals surface area contributed by atoms with Gasteiger partial charge in [0.25, 0.3) is 0 Å². The fraction of sp³-hybridized carbons (Fsp3) is 0.500. The summed E-state index contributed by atoms with van der Waals surface area (Å²) in [5.74, 6) is -0.365. The average molecular weight is 290 g/mol. The minimum atomic E-state index is -4.53. The van der Waals surface area contributed by atoms with E-state index in [4.69, 9.17) is 0 Å². The molecule has 0 bridgehead atoms. The summed E-state index contributed by atoms with van der Waals surface area (Å²) in [4.78, 5) is 12.2. The van der Waals surface area contributed by atoms with Crippen LogP contribution in [0, 0.1) is 10.1 Å². The summed E-state index contributed by atoms with van der Waals surface area (Å²) in [5, 5.41) is 10.9. The number of hydrogen-bond donors (Lipinski definition) is 0. The van der Waals surface area contributed by atoms with E-state index >= 15 is 0 Å². The van der Waals surface area contributed by atoms with Crippen molar-refractivity contribution in [2.45, 2.75) is 19.0 Å². The minimum absolute atomic E-state index is 0.365. The number of anilines is 1. The largest absolute Gasteiger partial charge is 0.477 e. The third-order valence-electron chi connectivity index (χ3n) is 3.00. The van der Waals surface area contributed by atoms with Gasteiger partial charge in [-0.2, -0.15) is 13.2 Å². The smallest absolute Gasteiger partial charge is 0.422 e. The number of nitro groups is 1. The summed E-state index contributed by atoms with van der Waals surface area (Å²) < 4.78 is 40.8. The Morgan fingerprint density at radius 1 is 1.30 bits per heavy atom. The standard InChI is InChI=1S/C12H13F3N2O3/c13-12(14,15)8-20-11-4-3-9(7-10(11)17(18)19)16-5-1-2-6-16/h3-4,7H,1-2,5-6,8H2. The summed E-state index contributed by atoms with van der Waals surface area (Å²) in [6.45, 7) is 0.0384. The Kier molecular flexibility index (Phi) is 4.01. The van der Waals surface area contributed by atoms with Crippen LogP contribution >= 0.6 is 0 Å². The van der Waals surface area contributed by atoms with Crippen LogP contribution < -0.4 is 9.64 Å². The molecule has 0 spiro atoms. The lowest BCUT2D eigenvalue weighted by Gasteiger charge is -2.18. The molecule has 1 saturated heterocycles. The second-order valence-corrected chi connectivity index (χ2v) is 4.51. The van der Waals surface area contributed by atoms with Crippen LogP contribution in [0.25, 0.3) is 0 Å². The molecule has 0 unspecified atom stereocenters. The summed E-state index contributed by atoms with van der Waals surface area (Å²) in [7, 11) is 0. The molecule has 5 nitrogen and oxygen atoms in total. The molecule has 1 aromatic rings. The molecular weight excluding hydrogens is 277 g/mol. The van der Waals surface area contributed by atoms with Crippen molar-refractivity contribution >= 4 is 11.4 Å². The maximum Gasteiger partial charge on any atom is 0.422 e. The lowest BCUT2D eigenvalue weighted by atomic mass is 10.2. The SMILES string of the molecule is O=[N+]([O-])c1cc(N2CCCC2)ccc1OCC(F)(F)F. The Balaban J connectivity index is 2.21. The van der Waals surface area contributed by atoms with Gasteiger partial charge in [0, 0.05) is 24.8 Å². The second kappa shape index (κ2) is 5.56. The highest BCUT2D eigenvalue weighted by atomic mass is 19.4. The molecule has 2 rings (SSSR count). The molecule has 1 aliphatic heterocycles. The average Bonchev–Trinajstić information content (AvgIpc) is 2.89. The van der Waals surface area contributed by atoms with Crippen molar-refractivity contribution in [2.75, 3.05) is 24.6 Å². The number of ether oxygens (including phenoxy) is 1. The molecule has 0 amide bonds. The molecule has 8 heteroatoms. The van der Waals surface area contributed by atoms with E-state index in [1.807, 2.05) is 4.90 Å². The molecule has 1 aliphatic rings. The highest BCUT2D eigenvalue weighted by Crippen LogP contribution is 2.33. The van der Waals surface area contributed by atoms with Crippen LogP contribution in [-0.2, 0) is 0 Å². The molecule has 0 aliphatic carbocycles. The molecule has 1 aromatic carbocycles. The Morgan fingerprint density at radius 2 is 1.95 bits per heavy atom. The Labute approximate surface area is 113 Å². The van der Waals surface area contributed by atoms with E-state index in [0.717, 1.165) is 25.9 Å². The van der Waals surface area contributed by atoms with E-state index in [2.05, 4.69) is 4.74 Å².